The number of hydrogen-bond donors (Lipinski definition) is 1. The maximum atomic E-state index is 11.0. The standard InChI is InChI=1S/C12H11NO2/c1-2-8-4-3-5-9(6-8)13-10-7-11(14)12(10)15/h3-7,13H,2H2,1H3. The Morgan fingerprint density at radius 1 is 1.20 bits per heavy atom. The molecule has 2 aromatic rings. The van der Waals surface area contributed by atoms with Crippen LogP contribution in [0.3, 0.4) is 0 Å². The lowest BCUT2D eigenvalue weighted by atomic mass is 10.1. The summed E-state index contributed by atoms with van der Waals surface area (Å²) in [6, 6.07) is 9.11. The Bertz CT molecular complexity index is 550. The second-order valence-electron chi connectivity index (χ2n) is 3.43. The molecule has 0 fully saturated rings. The Balaban J connectivity index is 2.22. The van der Waals surface area contributed by atoms with Crippen LogP contribution in [0.25, 0.3) is 0 Å². The van der Waals surface area contributed by atoms with Gasteiger partial charge in [0.2, 0.25) is 10.9 Å². The molecule has 0 unspecified atom stereocenters. The minimum Gasteiger partial charge on any atom is -0.352 e. The molecule has 0 bridgehead atoms. The van der Waals surface area contributed by atoms with Gasteiger partial charge in [-0.25, -0.2) is 0 Å². The topological polar surface area (TPSA) is 46.2 Å². The van der Waals surface area contributed by atoms with Crippen molar-refractivity contribution in [3.63, 3.8) is 0 Å². The third-order valence-corrected chi connectivity index (χ3v) is 2.36. The molecule has 15 heavy (non-hydrogen) atoms. The third kappa shape index (κ3) is 1.81. The van der Waals surface area contributed by atoms with Gasteiger partial charge in [0, 0.05) is 11.8 Å². The van der Waals surface area contributed by atoms with E-state index in [9.17, 15) is 9.59 Å². The Morgan fingerprint density at radius 3 is 2.60 bits per heavy atom. The van der Waals surface area contributed by atoms with Gasteiger partial charge in [-0.1, -0.05) is 19.1 Å². The monoisotopic (exact) mass is 201 g/mol. The van der Waals surface area contributed by atoms with Crippen LogP contribution in [-0.4, -0.2) is 0 Å². The van der Waals surface area contributed by atoms with E-state index in [1.807, 2.05) is 24.3 Å². The molecule has 2 aromatic carbocycles. The van der Waals surface area contributed by atoms with Crippen LogP contribution in [0.15, 0.2) is 39.9 Å². The fraction of sp³-hybridized carbons (Fsp3) is 0.167. The van der Waals surface area contributed by atoms with Crippen LogP contribution in [-0.2, 0) is 6.42 Å². The quantitative estimate of drug-likeness (QED) is 0.767. The van der Waals surface area contributed by atoms with E-state index in [1.165, 1.54) is 11.6 Å². The molecule has 3 nitrogen and oxygen atoms in total. The molecule has 2 rings (SSSR count). The first-order chi connectivity index (χ1) is 7.20. The van der Waals surface area contributed by atoms with Crippen LogP contribution < -0.4 is 16.2 Å². The maximum absolute atomic E-state index is 11.0. The van der Waals surface area contributed by atoms with E-state index in [2.05, 4.69) is 12.2 Å². The second kappa shape index (κ2) is 3.69. The highest BCUT2D eigenvalue weighted by Gasteiger charge is 2.08. The molecular weight excluding hydrogens is 190 g/mol. The zero-order valence-electron chi connectivity index (χ0n) is 8.41. The summed E-state index contributed by atoms with van der Waals surface area (Å²) in [6.07, 6.45) is 0.946. The summed E-state index contributed by atoms with van der Waals surface area (Å²) in [5.74, 6) is 0. The zero-order valence-corrected chi connectivity index (χ0v) is 8.41. The average molecular weight is 201 g/mol. The normalized spacial score (nSPS) is 10.5. The molecule has 0 atom stereocenters. The fourth-order valence-corrected chi connectivity index (χ4v) is 1.43. The number of nitrogens with one attached hydrogen (secondary N) is 1. The van der Waals surface area contributed by atoms with Crippen LogP contribution in [0.5, 0.6) is 0 Å². The van der Waals surface area contributed by atoms with Crippen LogP contribution >= 0.6 is 0 Å². The smallest absolute Gasteiger partial charge is 0.249 e. The van der Waals surface area contributed by atoms with E-state index >= 15 is 0 Å². The van der Waals surface area contributed by atoms with Gasteiger partial charge in [0.1, 0.15) is 0 Å². The van der Waals surface area contributed by atoms with Gasteiger partial charge in [0.05, 0.1) is 5.69 Å². The Kier molecular flexibility index (Phi) is 2.37. The van der Waals surface area contributed by atoms with Gasteiger partial charge in [0.15, 0.2) is 0 Å². The average Bonchev–Trinajstić information content (AvgIpc) is 2.28. The Hall–Kier alpha value is -1.90. The van der Waals surface area contributed by atoms with Crippen LogP contribution in [0.1, 0.15) is 12.5 Å². The Morgan fingerprint density at radius 2 is 2.00 bits per heavy atom. The molecule has 76 valence electrons. The highest BCUT2D eigenvalue weighted by molar-refractivity contribution is 5.61. The van der Waals surface area contributed by atoms with Crippen molar-refractivity contribution in [1.82, 2.24) is 0 Å². The fourth-order valence-electron chi connectivity index (χ4n) is 1.43. The largest absolute Gasteiger partial charge is 0.352 e. The lowest BCUT2D eigenvalue weighted by molar-refractivity contribution is 1.14. The summed E-state index contributed by atoms with van der Waals surface area (Å²) in [5, 5.41) is 2.92. The SMILES string of the molecule is CCc1cccc(Nc2cc(=O)c2=O)c1. The summed E-state index contributed by atoms with van der Waals surface area (Å²) < 4.78 is 0. The minimum atomic E-state index is -0.433. The molecule has 3 heteroatoms. The van der Waals surface area contributed by atoms with Crippen molar-refractivity contribution < 1.29 is 0 Å². The summed E-state index contributed by atoms with van der Waals surface area (Å²) >= 11 is 0. The first-order valence-electron chi connectivity index (χ1n) is 4.87. The molecule has 0 saturated heterocycles. The number of hydrogen-bond acceptors (Lipinski definition) is 3. The first-order valence-corrected chi connectivity index (χ1v) is 4.87. The molecule has 0 amide bonds. The van der Waals surface area contributed by atoms with Crippen molar-refractivity contribution >= 4 is 11.4 Å². The highest BCUT2D eigenvalue weighted by atomic mass is 16.2. The van der Waals surface area contributed by atoms with Crippen LogP contribution in [0.2, 0.25) is 0 Å². The number of benzene rings is 1. The van der Waals surface area contributed by atoms with Crippen molar-refractivity contribution in [2.45, 2.75) is 13.3 Å². The maximum Gasteiger partial charge on any atom is 0.249 e. The molecule has 0 saturated carbocycles. The summed E-state index contributed by atoms with van der Waals surface area (Å²) in [5.41, 5.74) is 1.56. The molecule has 0 aliphatic rings. The molecule has 0 aromatic heterocycles. The number of aryl methyl sites for hydroxylation is 1. The van der Waals surface area contributed by atoms with Crippen molar-refractivity contribution in [2.75, 3.05) is 5.32 Å². The van der Waals surface area contributed by atoms with Gasteiger partial charge in [-0.2, -0.15) is 0 Å². The van der Waals surface area contributed by atoms with Gasteiger partial charge < -0.3 is 5.32 Å². The second-order valence-corrected chi connectivity index (χ2v) is 3.43. The molecule has 0 heterocycles. The summed E-state index contributed by atoms with van der Waals surface area (Å²) in [7, 11) is 0. The van der Waals surface area contributed by atoms with Crippen molar-refractivity contribution in [3.8, 4) is 0 Å². The van der Waals surface area contributed by atoms with Gasteiger partial charge >= 0.3 is 0 Å². The van der Waals surface area contributed by atoms with Crippen molar-refractivity contribution in [1.29, 1.82) is 0 Å². The van der Waals surface area contributed by atoms with Gasteiger partial charge in [-0.15, -0.1) is 0 Å². The van der Waals surface area contributed by atoms with Crippen molar-refractivity contribution in [3.05, 3.63) is 56.3 Å². The lowest BCUT2D eigenvalue weighted by Gasteiger charge is -2.07. The van der Waals surface area contributed by atoms with E-state index in [0.29, 0.717) is 5.69 Å². The van der Waals surface area contributed by atoms with E-state index in [4.69, 9.17) is 0 Å². The van der Waals surface area contributed by atoms with Gasteiger partial charge in [-0.05, 0) is 24.1 Å². The third-order valence-electron chi connectivity index (χ3n) is 2.36. The predicted octanol–water partition coefficient (Wildman–Crippen LogP) is 1.59. The molecule has 1 N–H and O–H groups in total. The molecule has 0 aliphatic heterocycles. The number of rotatable bonds is 3. The minimum absolute atomic E-state index is 0.383. The van der Waals surface area contributed by atoms with Crippen LogP contribution in [0.4, 0.5) is 11.4 Å². The van der Waals surface area contributed by atoms with Gasteiger partial charge in [0.25, 0.3) is 0 Å². The molecule has 0 spiro atoms. The lowest BCUT2D eigenvalue weighted by Crippen LogP contribution is -2.31. The first kappa shape index (κ1) is 9.65. The molecular formula is C12H11NO2. The summed E-state index contributed by atoms with van der Waals surface area (Å²) in [4.78, 5) is 21.7. The van der Waals surface area contributed by atoms with Crippen molar-refractivity contribution in [2.24, 2.45) is 0 Å². The summed E-state index contributed by atoms with van der Waals surface area (Å²) in [6.45, 7) is 2.07. The predicted molar refractivity (Wildman–Crippen MR) is 60.5 cm³/mol. The van der Waals surface area contributed by atoms with E-state index < -0.39 is 10.9 Å². The Labute approximate surface area is 87.1 Å². The highest BCUT2D eigenvalue weighted by Crippen LogP contribution is 2.14. The van der Waals surface area contributed by atoms with Crippen LogP contribution in [0, 0.1) is 0 Å². The number of anilines is 2. The van der Waals surface area contributed by atoms with E-state index in [0.717, 1.165) is 12.1 Å². The van der Waals surface area contributed by atoms with E-state index in [-0.39, 0.29) is 0 Å². The van der Waals surface area contributed by atoms with E-state index in [1.54, 1.807) is 0 Å². The molecule has 0 aliphatic carbocycles. The molecule has 0 radical (unpaired) electrons. The zero-order chi connectivity index (χ0) is 10.8. The van der Waals surface area contributed by atoms with Gasteiger partial charge in [-0.3, -0.25) is 9.59 Å².